The molecule has 2 amide bonds. The molecule has 158 valence electrons. The maximum atomic E-state index is 12.2. The Morgan fingerprint density at radius 1 is 1.07 bits per heavy atom. The standard InChI is InChI=1S/C22H25N3O5/c1-22(2,3)17-10-8-15(9-11-17)21(29)23-13-19(26)25-24-12-16-6-4-5-7-18(16)30-14-20(27)28/h4-12H,13-14H2,1-3H3,(H,23,29)(H,25,26)(H,27,28)/b24-12-. The summed E-state index contributed by atoms with van der Waals surface area (Å²) in [6.07, 6.45) is 1.34. The second kappa shape index (κ2) is 10.2. The van der Waals surface area contributed by atoms with Crippen LogP contribution >= 0.6 is 0 Å². The molecule has 2 aromatic carbocycles. The summed E-state index contributed by atoms with van der Waals surface area (Å²) in [5.41, 5.74) is 4.37. The Kier molecular flexibility index (Phi) is 7.69. The zero-order valence-corrected chi connectivity index (χ0v) is 17.1. The number of para-hydroxylation sites is 1. The van der Waals surface area contributed by atoms with Crippen LogP contribution in [-0.4, -0.2) is 42.3 Å². The first-order chi connectivity index (χ1) is 14.2. The third kappa shape index (κ3) is 7.05. The summed E-state index contributed by atoms with van der Waals surface area (Å²) < 4.78 is 5.15. The van der Waals surface area contributed by atoms with Crippen molar-refractivity contribution in [2.24, 2.45) is 5.10 Å². The number of hydrazone groups is 1. The van der Waals surface area contributed by atoms with Gasteiger partial charge in [0.05, 0.1) is 12.8 Å². The minimum absolute atomic E-state index is 0.00974. The van der Waals surface area contributed by atoms with Gasteiger partial charge in [0.1, 0.15) is 5.75 Å². The molecule has 3 N–H and O–H groups in total. The van der Waals surface area contributed by atoms with Gasteiger partial charge in [0, 0.05) is 11.1 Å². The van der Waals surface area contributed by atoms with Gasteiger partial charge >= 0.3 is 5.97 Å². The fourth-order valence-corrected chi connectivity index (χ4v) is 2.46. The van der Waals surface area contributed by atoms with E-state index in [-0.39, 0.29) is 17.9 Å². The highest BCUT2D eigenvalue weighted by Gasteiger charge is 2.14. The molecule has 0 fully saturated rings. The average Bonchev–Trinajstić information content (AvgIpc) is 2.70. The number of carboxylic acids is 1. The van der Waals surface area contributed by atoms with Crippen molar-refractivity contribution in [1.82, 2.24) is 10.7 Å². The fourth-order valence-electron chi connectivity index (χ4n) is 2.46. The molecule has 2 rings (SSSR count). The zero-order valence-electron chi connectivity index (χ0n) is 17.1. The van der Waals surface area contributed by atoms with Crippen LogP contribution in [0.25, 0.3) is 0 Å². The minimum Gasteiger partial charge on any atom is -0.481 e. The Hall–Kier alpha value is -3.68. The van der Waals surface area contributed by atoms with Crippen LogP contribution in [-0.2, 0) is 15.0 Å². The van der Waals surface area contributed by atoms with E-state index in [1.807, 2.05) is 12.1 Å². The van der Waals surface area contributed by atoms with E-state index in [0.29, 0.717) is 16.9 Å². The zero-order chi connectivity index (χ0) is 22.1. The molecule has 0 aliphatic rings. The first kappa shape index (κ1) is 22.6. The lowest BCUT2D eigenvalue weighted by molar-refractivity contribution is -0.139. The average molecular weight is 411 g/mol. The Labute approximate surface area is 174 Å². The molecule has 0 atom stereocenters. The van der Waals surface area contributed by atoms with Crippen molar-refractivity contribution in [3.63, 3.8) is 0 Å². The van der Waals surface area contributed by atoms with E-state index in [9.17, 15) is 14.4 Å². The van der Waals surface area contributed by atoms with Crippen LogP contribution in [0.3, 0.4) is 0 Å². The summed E-state index contributed by atoms with van der Waals surface area (Å²) >= 11 is 0. The number of carbonyl (C=O) groups is 3. The Morgan fingerprint density at radius 2 is 1.73 bits per heavy atom. The number of rotatable bonds is 8. The summed E-state index contributed by atoms with van der Waals surface area (Å²) in [5, 5.41) is 15.0. The highest BCUT2D eigenvalue weighted by atomic mass is 16.5. The molecule has 30 heavy (non-hydrogen) atoms. The smallest absolute Gasteiger partial charge is 0.341 e. The van der Waals surface area contributed by atoms with Gasteiger partial charge in [-0.05, 0) is 35.2 Å². The lowest BCUT2D eigenvalue weighted by Gasteiger charge is -2.19. The monoisotopic (exact) mass is 411 g/mol. The molecule has 8 nitrogen and oxygen atoms in total. The first-order valence-electron chi connectivity index (χ1n) is 9.31. The number of hydrogen-bond donors (Lipinski definition) is 3. The first-order valence-corrected chi connectivity index (χ1v) is 9.31. The number of carbonyl (C=O) groups excluding carboxylic acids is 2. The molecule has 0 aliphatic heterocycles. The highest BCUT2D eigenvalue weighted by molar-refractivity contribution is 5.96. The number of amides is 2. The minimum atomic E-state index is -1.10. The van der Waals surface area contributed by atoms with Crippen LogP contribution in [0.1, 0.15) is 42.3 Å². The van der Waals surface area contributed by atoms with Crippen molar-refractivity contribution in [3.05, 3.63) is 65.2 Å². The largest absolute Gasteiger partial charge is 0.481 e. The summed E-state index contributed by atoms with van der Waals surface area (Å²) in [5.74, 6) is -1.64. The normalized spacial score (nSPS) is 11.2. The van der Waals surface area contributed by atoms with Crippen molar-refractivity contribution in [1.29, 1.82) is 0 Å². The maximum absolute atomic E-state index is 12.2. The summed E-state index contributed by atoms with van der Waals surface area (Å²) in [7, 11) is 0. The molecule has 0 saturated carbocycles. The summed E-state index contributed by atoms with van der Waals surface area (Å²) in [6.45, 7) is 5.53. The lowest BCUT2D eigenvalue weighted by atomic mass is 9.87. The highest BCUT2D eigenvalue weighted by Crippen LogP contribution is 2.22. The lowest BCUT2D eigenvalue weighted by Crippen LogP contribution is -2.34. The van der Waals surface area contributed by atoms with Gasteiger partial charge in [0.15, 0.2) is 6.61 Å². The van der Waals surface area contributed by atoms with E-state index in [1.165, 1.54) is 6.21 Å². The van der Waals surface area contributed by atoms with Gasteiger partial charge in [-0.25, -0.2) is 10.2 Å². The summed E-state index contributed by atoms with van der Waals surface area (Å²) in [4.78, 5) is 34.7. The predicted octanol–water partition coefficient (Wildman–Crippen LogP) is 2.33. The van der Waals surface area contributed by atoms with E-state index in [2.05, 4.69) is 36.6 Å². The Balaban J connectivity index is 1.85. The predicted molar refractivity (Wildman–Crippen MR) is 113 cm³/mol. The molecule has 0 radical (unpaired) electrons. The molecular weight excluding hydrogens is 386 g/mol. The van der Waals surface area contributed by atoms with Crippen LogP contribution in [0.15, 0.2) is 53.6 Å². The number of carboxylic acid groups (broad SMARTS) is 1. The Bertz CT molecular complexity index is 931. The van der Waals surface area contributed by atoms with Crippen LogP contribution in [0.5, 0.6) is 5.75 Å². The second-order valence-electron chi connectivity index (χ2n) is 7.52. The molecule has 2 aromatic rings. The van der Waals surface area contributed by atoms with Gasteiger partial charge in [-0.2, -0.15) is 5.10 Å². The molecule has 0 bridgehead atoms. The topological polar surface area (TPSA) is 117 Å². The third-order valence-electron chi connectivity index (χ3n) is 4.09. The van der Waals surface area contributed by atoms with Crippen molar-refractivity contribution >= 4 is 24.0 Å². The molecule has 0 spiro atoms. The van der Waals surface area contributed by atoms with Gasteiger partial charge in [0.2, 0.25) is 0 Å². The molecule has 0 saturated heterocycles. The SMILES string of the molecule is CC(C)(C)c1ccc(C(=O)NCC(=O)N/N=C\c2ccccc2OCC(=O)O)cc1. The molecule has 0 heterocycles. The number of nitrogens with one attached hydrogen (secondary N) is 2. The van der Waals surface area contributed by atoms with E-state index in [0.717, 1.165) is 5.56 Å². The van der Waals surface area contributed by atoms with E-state index in [4.69, 9.17) is 9.84 Å². The van der Waals surface area contributed by atoms with Crippen LogP contribution in [0.4, 0.5) is 0 Å². The van der Waals surface area contributed by atoms with Crippen molar-refractivity contribution < 1.29 is 24.2 Å². The fraction of sp³-hybridized carbons (Fsp3) is 0.273. The quantitative estimate of drug-likeness (QED) is 0.455. The van der Waals surface area contributed by atoms with E-state index >= 15 is 0 Å². The number of ether oxygens (including phenoxy) is 1. The number of benzene rings is 2. The van der Waals surface area contributed by atoms with Gasteiger partial charge in [-0.1, -0.05) is 45.0 Å². The second-order valence-corrected chi connectivity index (χ2v) is 7.52. The molecule has 8 heteroatoms. The van der Waals surface area contributed by atoms with Crippen LogP contribution < -0.4 is 15.5 Å². The summed E-state index contributed by atoms with van der Waals surface area (Å²) in [6, 6.07) is 13.9. The number of aliphatic carboxylic acids is 1. The van der Waals surface area contributed by atoms with Crippen LogP contribution in [0, 0.1) is 0 Å². The van der Waals surface area contributed by atoms with Gasteiger partial charge < -0.3 is 15.2 Å². The molecular formula is C22H25N3O5. The van der Waals surface area contributed by atoms with Gasteiger partial charge in [0.25, 0.3) is 11.8 Å². The number of hydrogen-bond acceptors (Lipinski definition) is 5. The van der Waals surface area contributed by atoms with Crippen molar-refractivity contribution in [2.75, 3.05) is 13.2 Å². The van der Waals surface area contributed by atoms with Crippen LogP contribution in [0.2, 0.25) is 0 Å². The van der Waals surface area contributed by atoms with E-state index in [1.54, 1.807) is 36.4 Å². The third-order valence-corrected chi connectivity index (χ3v) is 4.09. The molecule has 0 aromatic heterocycles. The maximum Gasteiger partial charge on any atom is 0.341 e. The Morgan fingerprint density at radius 3 is 2.37 bits per heavy atom. The molecule has 0 unspecified atom stereocenters. The van der Waals surface area contributed by atoms with E-state index < -0.39 is 18.5 Å². The van der Waals surface area contributed by atoms with Crippen molar-refractivity contribution in [3.8, 4) is 5.75 Å². The van der Waals surface area contributed by atoms with Gasteiger partial charge in [-0.15, -0.1) is 0 Å². The molecule has 0 aliphatic carbocycles. The van der Waals surface area contributed by atoms with Gasteiger partial charge in [-0.3, -0.25) is 9.59 Å². The van der Waals surface area contributed by atoms with Crippen molar-refractivity contribution in [2.45, 2.75) is 26.2 Å². The number of nitrogens with zero attached hydrogens (tertiary/aromatic N) is 1.